The Labute approximate surface area is 96.1 Å². The molecule has 88 valence electrons. The largest absolute Gasteiger partial charge is 0.353 e. The maximum absolute atomic E-state index is 10.4. The van der Waals surface area contributed by atoms with Crippen LogP contribution in [-0.4, -0.2) is 24.7 Å². The molecule has 1 unspecified atom stereocenters. The van der Waals surface area contributed by atoms with Crippen molar-refractivity contribution in [2.24, 2.45) is 0 Å². The molecule has 1 fully saturated rings. The van der Waals surface area contributed by atoms with Gasteiger partial charge in [0.05, 0.1) is 12.7 Å². The van der Waals surface area contributed by atoms with Crippen molar-refractivity contribution >= 4 is 16.8 Å². The maximum Gasteiger partial charge on any atom is 0.221 e. The molecule has 1 saturated heterocycles. The molecule has 1 rings (SSSR count). The van der Waals surface area contributed by atoms with Crippen LogP contribution in [0.2, 0.25) is 0 Å². The Bertz CT molecular complexity index is 179. The topological polar surface area (TPSA) is 35.5 Å². The monoisotopic (exact) mass is 234 g/mol. The standard InChI is InChI=1S/C11H19ClO3/c12-11(13)7-5-3-1-2-4-6-10-8-14-9-15-10/h10H,1-9H2. The van der Waals surface area contributed by atoms with Gasteiger partial charge in [0.1, 0.15) is 6.79 Å². The van der Waals surface area contributed by atoms with Crippen LogP contribution in [0.5, 0.6) is 0 Å². The van der Waals surface area contributed by atoms with Gasteiger partial charge in [-0.05, 0) is 24.4 Å². The van der Waals surface area contributed by atoms with Crippen LogP contribution in [0.4, 0.5) is 0 Å². The molecule has 1 aliphatic heterocycles. The van der Waals surface area contributed by atoms with Crippen LogP contribution in [0, 0.1) is 0 Å². The lowest BCUT2D eigenvalue weighted by atomic mass is 10.1. The van der Waals surface area contributed by atoms with Gasteiger partial charge in [-0.3, -0.25) is 4.79 Å². The minimum Gasteiger partial charge on any atom is -0.353 e. The first-order valence-electron chi connectivity index (χ1n) is 5.66. The highest BCUT2D eigenvalue weighted by Gasteiger charge is 2.14. The van der Waals surface area contributed by atoms with Gasteiger partial charge in [0.2, 0.25) is 5.24 Å². The third kappa shape index (κ3) is 6.88. The van der Waals surface area contributed by atoms with Crippen molar-refractivity contribution in [3.05, 3.63) is 0 Å². The first-order chi connectivity index (χ1) is 7.29. The second kappa shape index (κ2) is 8.08. The van der Waals surface area contributed by atoms with Gasteiger partial charge in [-0.25, -0.2) is 0 Å². The molecule has 0 aromatic rings. The van der Waals surface area contributed by atoms with E-state index in [4.69, 9.17) is 21.1 Å². The van der Waals surface area contributed by atoms with E-state index in [0.29, 0.717) is 19.3 Å². The Balaban J connectivity index is 1.78. The van der Waals surface area contributed by atoms with E-state index < -0.39 is 0 Å². The first-order valence-corrected chi connectivity index (χ1v) is 6.04. The lowest BCUT2D eigenvalue weighted by molar-refractivity contribution is -0.111. The summed E-state index contributed by atoms with van der Waals surface area (Å²) in [5.74, 6) is 0. The average molecular weight is 235 g/mol. The SMILES string of the molecule is O=C(Cl)CCCCCCCC1COCO1. The van der Waals surface area contributed by atoms with Crippen molar-refractivity contribution < 1.29 is 14.3 Å². The van der Waals surface area contributed by atoms with Crippen LogP contribution >= 0.6 is 11.6 Å². The number of carbonyl (C=O) groups is 1. The number of unbranched alkanes of at least 4 members (excludes halogenated alkanes) is 4. The number of carbonyl (C=O) groups excluding carboxylic acids is 1. The second-order valence-electron chi connectivity index (χ2n) is 3.94. The third-order valence-corrected chi connectivity index (χ3v) is 2.78. The van der Waals surface area contributed by atoms with Gasteiger partial charge in [0.15, 0.2) is 0 Å². The lowest BCUT2D eigenvalue weighted by Gasteiger charge is -2.06. The molecule has 0 radical (unpaired) electrons. The zero-order valence-corrected chi connectivity index (χ0v) is 9.80. The molecule has 3 nitrogen and oxygen atoms in total. The van der Waals surface area contributed by atoms with Gasteiger partial charge >= 0.3 is 0 Å². The fraction of sp³-hybridized carbons (Fsp3) is 0.909. The van der Waals surface area contributed by atoms with Gasteiger partial charge in [-0.1, -0.05) is 25.7 Å². The smallest absolute Gasteiger partial charge is 0.221 e. The average Bonchev–Trinajstić information content (AvgIpc) is 2.68. The van der Waals surface area contributed by atoms with E-state index in [2.05, 4.69) is 0 Å². The Morgan fingerprint density at radius 1 is 1.20 bits per heavy atom. The summed E-state index contributed by atoms with van der Waals surface area (Å²) >= 11 is 5.23. The van der Waals surface area contributed by atoms with E-state index in [1.807, 2.05) is 0 Å². The highest BCUT2D eigenvalue weighted by atomic mass is 35.5. The predicted molar refractivity (Wildman–Crippen MR) is 58.9 cm³/mol. The summed E-state index contributed by atoms with van der Waals surface area (Å²) < 4.78 is 10.4. The molecule has 0 bridgehead atoms. The molecule has 0 spiro atoms. The minimum absolute atomic E-state index is 0.216. The van der Waals surface area contributed by atoms with Crippen molar-refractivity contribution in [2.45, 2.75) is 51.0 Å². The molecule has 0 aromatic heterocycles. The van der Waals surface area contributed by atoms with Crippen molar-refractivity contribution in [3.63, 3.8) is 0 Å². The Morgan fingerprint density at radius 3 is 2.60 bits per heavy atom. The van der Waals surface area contributed by atoms with Gasteiger partial charge in [0.25, 0.3) is 0 Å². The van der Waals surface area contributed by atoms with E-state index in [-0.39, 0.29) is 5.24 Å². The molecule has 0 aromatic carbocycles. The van der Waals surface area contributed by atoms with Crippen LogP contribution in [0.1, 0.15) is 44.9 Å². The molecule has 0 saturated carbocycles. The zero-order valence-electron chi connectivity index (χ0n) is 9.04. The van der Waals surface area contributed by atoms with Crippen LogP contribution < -0.4 is 0 Å². The fourth-order valence-electron chi connectivity index (χ4n) is 1.70. The van der Waals surface area contributed by atoms with Gasteiger partial charge in [0, 0.05) is 6.42 Å². The Kier molecular flexibility index (Phi) is 6.98. The molecule has 0 amide bonds. The fourth-order valence-corrected chi connectivity index (χ4v) is 1.84. The van der Waals surface area contributed by atoms with Crippen LogP contribution in [-0.2, 0) is 14.3 Å². The molecular formula is C11H19ClO3. The Hall–Kier alpha value is -0.120. The number of halogens is 1. The summed E-state index contributed by atoms with van der Waals surface area (Å²) in [6.45, 7) is 1.21. The summed E-state index contributed by atoms with van der Waals surface area (Å²) in [4.78, 5) is 10.4. The first kappa shape index (κ1) is 12.9. The van der Waals surface area contributed by atoms with Crippen molar-refractivity contribution in [1.82, 2.24) is 0 Å². The molecule has 4 heteroatoms. The number of ether oxygens (including phenoxy) is 2. The normalized spacial score (nSPS) is 20.7. The quantitative estimate of drug-likeness (QED) is 0.479. The lowest BCUT2D eigenvalue weighted by Crippen LogP contribution is -2.08. The van der Waals surface area contributed by atoms with E-state index in [1.54, 1.807) is 0 Å². The van der Waals surface area contributed by atoms with Gasteiger partial charge in [-0.15, -0.1) is 0 Å². The summed E-state index contributed by atoms with van der Waals surface area (Å²) in [5, 5.41) is -0.216. The maximum atomic E-state index is 10.4. The molecule has 15 heavy (non-hydrogen) atoms. The van der Waals surface area contributed by atoms with E-state index >= 15 is 0 Å². The van der Waals surface area contributed by atoms with Crippen LogP contribution in [0.3, 0.4) is 0 Å². The second-order valence-corrected chi connectivity index (χ2v) is 4.36. The number of hydrogen-bond donors (Lipinski definition) is 0. The molecule has 1 heterocycles. The minimum atomic E-state index is -0.216. The van der Waals surface area contributed by atoms with Gasteiger partial charge < -0.3 is 9.47 Å². The van der Waals surface area contributed by atoms with Crippen molar-refractivity contribution in [1.29, 1.82) is 0 Å². The van der Waals surface area contributed by atoms with E-state index in [9.17, 15) is 4.79 Å². The highest BCUT2D eigenvalue weighted by molar-refractivity contribution is 6.63. The third-order valence-electron chi connectivity index (χ3n) is 2.59. The van der Waals surface area contributed by atoms with Crippen molar-refractivity contribution in [2.75, 3.05) is 13.4 Å². The van der Waals surface area contributed by atoms with E-state index in [0.717, 1.165) is 25.9 Å². The molecule has 0 N–H and O–H groups in total. The van der Waals surface area contributed by atoms with Crippen LogP contribution in [0.15, 0.2) is 0 Å². The summed E-state index contributed by atoms with van der Waals surface area (Å²) in [6.07, 6.45) is 7.51. The Morgan fingerprint density at radius 2 is 1.93 bits per heavy atom. The van der Waals surface area contributed by atoms with Gasteiger partial charge in [-0.2, -0.15) is 0 Å². The van der Waals surface area contributed by atoms with E-state index in [1.165, 1.54) is 19.3 Å². The predicted octanol–water partition coefficient (Wildman–Crippen LogP) is 2.86. The molecule has 1 atom stereocenters. The summed E-state index contributed by atoms with van der Waals surface area (Å²) in [7, 11) is 0. The number of hydrogen-bond acceptors (Lipinski definition) is 3. The van der Waals surface area contributed by atoms with Crippen molar-refractivity contribution in [3.8, 4) is 0 Å². The van der Waals surface area contributed by atoms with Crippen LogP contribution in [0.25, 0.3) is 0 Å². The summed E-state index contributed by atoms with van der Waals surface area (Å²) in [5.41, 5.74) is 0. The highest BCUT2D eigenvalue weighted by Crippen LogP contribution is 2.13. The molecule has 1 aliphatic rings. The zero-order chi connectivity index (χ0) is 10.9. The summed E-state index contributed by atoms with van der Waals surface area (Å²) in [6, 6.07) is 0. The number of rotatable bonds is 8. The molecule has 0 aliphatic carbocycles. The molecular weight excluding hydrogens is 216 g/mol.